The van der Waals surface area contributed by atoms with Crippen LogP contribution in [0, 0.1) is 6.92 Å². The van der Waals surface area contributed by atoms with Crippen molar-refractivity contribution in [2.45, 2.75) is 25.7 Å². The topological polar surface area (TPSA) is 47.6 Å². The third kappa shape index (κ3) is 3.07. The first kappa shape index (κ1) is 15.6. The Morgan fingerprint density at radius 1 is 1.00 bits per heavy atom. The lowest BCUT2D eigenvalue weighted by atomic mass is 9.88. The van der Waals surface area contributed by atoms with Crippen LogP contribution < -0.4 is 4.74 Å². The summed E-state index contributed by atoms with van der Waals surface area (Å²) in [5, 5.41) is 4.12. The lowest BCUT2D eigenvalue weighted by molar-refractivity contribution is 0.373. The number of fused-ring (bicyclic) bond motifs is 1. The van der Waals surface area contributed by atoms with Crippen LogP contribution in [0.5, 0.6) is 5.75 Å². The Hall–Kier alpha value is -2.88. The van der Waals surface area contributed by atoms with Gasteiger partial charge in [-0.1, -0.05) is 35.5 Å². The normalized spacial score (nSPS) is 16.7. The van der Waals surface area contributed by atoms with Crippen LogP contribution >= 0.6 is 0 Å². The van der Waals surface area contributed by atoms with Gasteiger partial charge in [0.05, 0.1) is 7.11 Å². The average Bonchev–Trinajstić information content (AvgIpc) is 2.90. The van der Waals surface area contributed by atoms with Gasteiger partial charge in [0.1, 0.15) is 17.1 Å². The summed E-state index contributed by atoms with van der Waals surface area (Å²) in [6.45, 7) is 1.94. The van der Waals surface area contributed by atoms with Crippen LogP contribution in [0.3, 0.4) is 0 Å². The second-order valence-electron chi connectivity index (χ2n) is 6.34. The molecule has 0 fully saturated rings. The van der Waals surface area contributed by atoms with Gasteiger partial charge in [-0.15, -0.1) is 0 Å². The largest absolute Gasteiger partial charge is 0.497 e. The monoisotopic (exact) mass is 332 g/mol. The van der Waals surface area contributed by atoms with E-state index in [4.69, 9.17) is 14.3 Å². The molecule has 2 heterocycles. The van der Waals surface area contributed by atoms with Crippen LogP contribution in [0.4, 0.5) is 5.69 Å². The SMILES string of the molecule is COc1ccc(C2=Nc3c(C)noc3C[C@@H](c3ccccc3)C2)cc1. The minimum atomic E-state index is 0.315. The lowest BCUT2D eigenvalue weighted by Crippen LogP contribution is -2.09. The molecule has 0 saturated heterocycles. The molecule has 25 heavy (non-hydrogen) atoms. The summed E-state index contributed by atoms with van der Waals surface area (Å²) in [4.78, 5) is 4.92. The van der Waals surface area contributed by atoms with Crippen molar-refractivity contribution in [3.8, 4) is 5.75 Å². The highest BCUT2D eigenvalue weighted by Crippen LogP contribution is 2.36. The van der Waals surface area contributed by atoms with Crippen LogP contribution in [0.15, 0.2) is 64.1 Å². The molecule has 0 amide bonds. The minimum absolute atomic E-state index is 0.315. The second-order valence-corrected chi connectivity index (χ2v) is 6.34. The first-order valence-electron chi connectivity index (χ1n) is 8.46. The summed E-state index contributed by atoms with van der Waals surface area (Å²) < 4.78 is 10.8. The van der Waals surface area contributed by atoms with E-state index >= 15 is 0 Å². The van der Waals surface area contributed by atoms with Gasteiger partial charge in [0.25, 0.3) is 0 Å². The van der Waals surface area contributed by atoms with E-state index in [-0.39, 0.29) is 0 Å². The van der Waals surface area contributed by atoms with Crippen molar-refractivity contribution in [1.82, 2.24) is 5.16 Å². The van der Waals surface area contributed by atoms with Gasteiger partial charge in [0, 0.05) is 12.1 Å². The molecule has 3 aromatic rings. The molecule has 0 bridgehead atoms. The Morgan fingerprint density at radius 3 is 2.48 bits per heavy atom. The zero-order valence-corrected chi connectivity index (χ0v) is 14.4. The molecule has 0 unspecified atom stereocenters. The number of nitrogens with zero attached hydrogens (tertiary/aromatic N) is 2. The molecule has 4 rings (SSSR count). The number of rotatable bonds is 3. The number of benzene rings is 2. The van der Waals surface area contributed by atoms with E-state index in [0.29, 0.717) is 5.92 Å². The van der Waals surface area contributed by atoms with Crippen LogP contribution in [0.2, 0.25) is 0 Å². The van der Waals surface area contributed by atoms with Gasteiger partial charge in [0.2, 0.25) is 0 Å². The Labute approximate surface area is 147 Å². The van der Waals surface area contributed by atoms with Crippen molar-refractivity contribution in [3.63, 3.8) is 0 Å². The van der Waals surface area contributed by atoms with Gasteiger partial charge in [-0.25, -0.2) is 4.99 Å². The molecule has 0 aliphatic carbocycles. The number of hydrogen-bond acceptors (Lipinski definition) is 4. The lowest BCUT2D eigenvalue weighted by Gasteiger charge is -2.15. The second kappa shape index (κ2) is 6.55. The summed E-state index contributed by atoms with van der Waals surface area (Å²) in [6.07, 6.45) is 1.67. The van der Waals surface area contributed by atoms with Crippen molar-refractivity contribution in [3.05, 3.63) is 77.2 Å². The Bertz CT molecular complexity index is 895. The molecule has 1 atom stereocenters. The first-order valence-corrected chi connectivity index (χ1v) is 8.46. The standard InChI is InChI=1S/C21H20N2O2/c1-14-21-20(25-23-14)13-17(15-6-4-3-5-7-15)12-19(22-21)16-8-10-18(24-2)11-9-16/h3-11,17H,12-13H2,1-2H3/t17-/m0/s1. The van der Waals surface area contributed by atoms with Gasteiger partial charge >= 0.3 is 0 Å². The quantitative estimate of drug-likeness (QED) is 0.689. The van der Waals surface area contributed by atoms with Crippen molar-refractivity contribution >= 4 is 11.4 Å². The Morgan fingerprint density at radius 2 is 1.76 bits per heavy atom. The molecule has 0 saturated carbocycles. The molecule has 1 aliphatic heterocycles. The van der Waals surface area contributed by atoms with E-state index in [2.05, 4.69) is 41.6 Å². The molecular weight excluding hydrogens is 312 g/mol. The van der Waals surface area contributed by atoms with E-state index in [1.807, 2.05) is 25.1 Å². The number of aromatic nitrogens is 1. The molecule has 0 N–H and O–H groups in total. The van der Waals surface area contributed by atoms with Crippen molar-refractivity contribution in [1.29, 1.82) is 0 Å². The van der Waals surface area contributed by atoms with Gasteiger partial charge in [-0.3, -0.25) is 0 Å². The van der Waals surface area contributed by atoms with E-state index < -0.39 is 0 Å². The Balaban J connectivity index is 1.78. The maximum atomic E-state index is 5.56. The van der Waals surface area contributed by atoms with E-state index in [1.165, 1.54) is 5.56 Å². The predicted octanol–water partition coefficient (Wildman–Crippen LogP) is 4.84. The fourth-order valence-corrected chi connectivity index (χ4v) is 3.33. The van der Waals surface area contributed by atoms with Gasteiger partial charge in [-0.2, -0.15) is 0 Å². The van der Waals surface area contributed by atoms with Crippen LogP contribution in [-0.2, 0) is 6.42 Å². The fourth-order valence-electron chi connectivity index (χ4n) is 3.33. The summed E-state index contributed by atoms with van der Waals surface area (Å²) in [6, 6.07) is 18.6. The zero-order chi connectivity index (χ0) is 17.2. The number of ether oxygens (including phenoxy) is 1. The first-order chi connectivity index (χ1) is 12.2. The Kier molecular flexibility index (Phi) is 4.10. The van der Waals surface area contributed by atoms with Crippen molar-refractivity contribution in [2.24, 2.45) is 4.99 Å². The van der Waals surface area contributed by atoms with E-state index in [1.54, 1.807) is 7.11 Å². The smallest absolute Gasteiger partial charge is 0.163 e. The van der Waals surface area contributed by atoms with Crippen LogP contribution in [0.25, 0.3) is 0 Å². The zero-order valence-electron chi connectivity index (χ0n) is 14.4. The molecule has 0 radical (unpaired) electrons. The summed E-state index contributed by atoms with van der Waals surface area (Å²) in [5.41, 5.74) is 5.18. The van der Waals surface area contributed by atoms with Crippen molar-refractivity contribution < 1.29 is 9.26 Å². The van der Waals surface area contributed by atoms with Crippen LogP contribution in [0.1, 0.15) is 34.9 Å². The summed E-state index contributed by atoms with van der Waals surface area (Å²) in [5.74, 6) is 2.03. The van der Waals surface area contributed by atoms with E-state index in [0.717, 1.165) is 47.0 Å². The summed E-state index contributed by atoms with van der Waals surface area (Å²) >= 11 is 0. The van der Waals surface area contributed by atoms with Crippen molar-refractivity contribution in [2.75, 3.05) is 7.11 Å². The van der Waals surface area contributed by atoms with Gasteiger partial charge in [-0.05, 0) is 54.7 Å². The molecule has 1 aliphatic rings. The minimum Gasteiger partial charge on any atom is -0.497 e. The molecule has 2 aromatic carbocycles. The molecule has 0 spiro atoms. The maximum absolute atomic E-state index is 5.56. The van der Waals surface area contributed by atoms with Gasteiger partial charge in [0.15, 0.2) is 5.76 Å². The number of aliphatic imine (C=N–C) groups is 1. The van der Waals surface area contributed by atoms with E-state index in [9.17, 15) is 0 Å². The third-order valence-electron chi connectivity index (χ3n) is 4.71. The highest BCUT2D eigenvalue weighted by atomic mass is 16.5. The van der Waals surface area contributed by atoms with Crippen LogP contribution in [-0.4, -0.2) is 18.0 Å². The number of hydrogen-bond donors (Lipinski definition) is 0. The fraction of sp³-hybridized carbons (Fsp3) is 0.238. The molecule has 126 valence electrons. The number of methoxy groups -OCH3 is 1. The molecular formula is C21H20N2O2. The average molecular weight is 332 g/mol. The summed E-state index contributed by atoms with van der Waals surface area (Å²) in [7, 11) is 1.68. The molecule has 1 aromatic heterocycles. The molecule has 4 nitrogen and oxygen atoms in total. The predicted molar refractivity (Wildman–Crippen MR) is 97.9 cm³/mol. The third-order valence-corrected chi connectivity index (χ3v) is 4.71. The highest BCUT2D eigenvalue weighted by molar-refractivity contribution is 6.03. The van der Waals surface area contributed by atoms with Gasteiger partial charge < -0.3 is 9.26 Å². The maximum Gasteiger partial charge on any atom is 0.163 e. The highest BCUT2D eigenvalue weighted by Gasteiger charge is 2.25. The molecule has 4 heteroatoms. The number of aryl methyl sites for hydroxylation is 1.